The third kappa shape index (κ3) is 3.49. The zero-order chi connectivity index (χ0) is 15.6. The molecule has 0 aliphatic rings. The molecule has 1 amide bonds. The SMILES string of the molecule is Cc1cc(C)n(-c2ccc(C(C)NC(=O)C(C)N)cc2)n1. The van der Waals surface area contributed by atoms with Crippen LogP contribution in [0.15, 0.2) is 30.3 Å². The highest BCUT2D eigenvalue weighted by Gasteiger charge is 2.13. The molecule has 2 aromatic rings. The van der Waals surface area contributed by atoms with Gasteiger partial charge in [-0.05, 0) is 51.5 Å². The van der Waals surface area contributed by atoms with Crippen LogP contribution in [0.4, 0.5) is 0 Å². The molecule has 2 unspecified atom stereocenters. The maximum absolute atomic E-state index is 11.6. The first-order valence-electron chi connectivity index (χ1n) is 7.08. The fourth-order valence-corrected chi connectivity index (χ4v) is 2.22. The molecule has 21 heavy (non-hydrogen) atoms. The minimum Gasteiger partial charge on any atom is -0.348 e. The maximum atomic E-state index is 11.6. The molecule has 0 bridgehead atoms. The summed E-state index contributed by atoms with van der Waals surface area (Å²) in [5, 5.41) is 7.34. The lowest BCUT2D eigenvalue weighted by atomic mass is 10.1. The summed E-state index contributed by atoms with van der Waals surface area (Å²) in [4.78, 5) is 11.6. The van der Waals surface area contributed by atoms with Crippen molar-refractivity contribution in [1.29, 1.82) is 0 Å². The number of amides is 1. The van der Waals surface area contributed by atoms with Gasteiger partial charge in [-0.2, -0.15) is 5.10 Å². The van der Waals surface area contributed by atoms with Crippen molar-refractivity contribution in [3.8, 4) is 5.69 Å². The third-order valence-electron chi connectivity index (χ3n) is 3.42. The van der Waals surface area contributed by atoms with Gasteiger partial charge in [0.1, 0.15) is 0 Å². The summed E-state index contributed by atoms with van der Waals surface area (Å²) in [5.41, 5.74) is 9.69. The first-order valence-corrected chi connectivity index (χ1v) is 7.08. The van der Waals surface area contributed by atoms with Crippen molar-refractivity contribution >= 4 is 5.91 Å². The van der Waals surface area contributed by atoms with Crippen LogP contribution in [0.25, 0.3) is 5.69 Å². The average molecular weight is 286 g/mol. The van der Waals surface area contributed by atoms with E-state index < -0.39 is 6.04 Å². The molecule has 0 spiro atoms. The monoisotopic (exact) mass is 286 g/mol. The minimum atomic E-state index is -0.499. The predicted octanol–water partition coefficient (Wildman–Crippen LogP) is 2.01. The quantitative estimate of drug-likeness (QED) is 0.903. The van der Waals surface area contributed by atoms with Gasteiger partial charge in [-0.3, -0.25) is 4.79 Å². The lowest BCUT2D eigenvalue weighted by Crippen LogP contribution is -2.39. The number of carbonyl (C=O) groups excluding carboxylic acids is 1. The van der Waals surface area contributed by atoms with Gasteiger partial charge in [0.15, 0.2) is 0 Å². The van der Waals surface area contributed by atoms with Crippen molar-refractivity contribution < 1.29 is 4.79 Å². The number of nitrogens with zero attached hydrogens (tertiary/aromatic N) is 2. The van der Waals surface area contributed by atoms with Gasteiger partial charge in [0.25, 0.3) is 0 Å². The number of benzene rings is 1. The van der Waals surface area contributed by atoms with E-state index in [0.29, 0.717) is 0 Å². The number of hydrogen-bond acceptors (Lipinski definition) is 3. The van der Waals surface area contributed by atoms with Gasteiger partial charge in [-0.15, -0.1) is 0 Å². The van der Waals surface area contributed by atoms with Crippen LogP contribution in [0.2, 0.25) is 0 Å². The van der Waals surface area contributed by atoms with E-state index in [4.69, 9.17) is 5.73 Å². The van der Waals surface area contributed by atoms with Crippen LogP contribution < -0.4 is 11.1 Å². The number of aromatic nitrogens is 2. The van der Waals surface area contributed by atoms with E-state index in [9.17, 15) is 4.79 Å². The Labute approximate surface area is 125 Å². The summed E-state index contributed by atoms with van der Waals surface area (Å²) in [5.74, 6) is -0.148. The Morgan fingerprint density at radius 1 is 1.24 bits per heavy atom. The second-order valence-electron chi connectivity index (χ2n) is 5.45. The molecule has 0 aliphatic heterocycles. The molecule has 112 valence electrons. The molecule has 0 aliphatic carbocycles. The van der Waals surface area contributed by atoms with Gasteiger partial charge in [-0.25, -0.2) is 4.68 Å². The molecule has 5 heteroatoms. The fraction of sp³-hybridized carbons (Fsp3) is 0.375. The highest BCUT2D eigenvalue weighted by molar-refractivity contribution is 5.81. The predicted molar refractivity (Wildman–Crippen MR) is 83.2 cm³/mol. The Morgan fingerprint density at radius 2 is 1.86 bits per heavy atom. The summed E-state index contributed by atoms with van der Waals surface area (Å²) < 4.78 is 1.91. The summed E-state index contributed by atoms with van der Waals surface area (Å²) in [6.45, 7) is 7.62. The smallest absolute Gasteiger partial charge is 0.237 e. The van der Waals surface area contributed by atoms with Crippen LogP contribution in [0.3, 0.4) is 0 Å². The highest BCUT2D eigenvalue weighted by atomic mass is 16.2. The standard InChI is InChI=1S/C16H22N4O/c1-10-9-11(2)20(19-10)15-7-5-14(6-8-15)13(4)18-16(21)12(3)17/h5-9,12-13H,17H2,1-4H3,(H,18,21). The molecule has 2 atom stereocenters. The molecule has 2 rings (SSSR count). The second-order valence-corrected chi connectivity index (χ2v) is 5.45. The van der Waals surface area contributed by atoms with Crippen LogP contribution in [0.5, 0.6) is 0 Å². The minimum absolute atomic E-state index is 0.0713. The van der Waals surface area contributed by atoms with Gasteiger partial charge in [0.05, 0.1) is 23.5 Å². The van der Waals surface area contributed by atoms with E-state index in [1.807, 2.05) is 55.8 Å². The Bertz CT molecular complexity index is 628. The molecule has 0 radical (unpaired) electrons. The number of carbonyl (C=O) groups is 1. The van der Waals surface area contributed by atoms with Gasteiger partial charge in [-0.1, -0.05) is 12.1 Å². The molecule has 1 aromatic carbocycles. The molecule has 5 nitrogen and oxygen atoms in total. The van der Waals surface area contributed by atoms with E-state index in [-0.39, 0.29) is 11.9 Å². The summed E-state index contributed by atoms with van der Waals surface area (Å²) in [6.07, 6.45) is 0. The Kier molecular flexibility index (Phi) is 4.43. The zero-order valence-electron chi connectivity index (χ0n) is 12.9. The maximum Gasteiger partial charge on any atom is 0.237 e. The van der Waals surface area contributed by atoms with Crippen molar-refractivity contribution in [3.05, 3.63) is 47.3 Å². The number of hydrogen-bond donors (Lipinski definition) is 2. The van der Waals surface area contributed by atoms with E-state index in [2.05, 4.69) is 10.4 Å². The zero-order valence-corrected chi connectivity index (χ0v) is 12.9. The van der Waals surface area contributed by atoms with Crippen molar-refractivity contribution in [3.63, 3.8) is 0 Å². The van der Waals surface area contributed by atoms with Crippen LogP contribution in [-0.4, -0.2) is 21.7 Å². The van der Waals surface area contributed by atoms with Gasteiger partial charge < -0.3 is 11.1 Å². The summed E-state index contributed by atoms with van der Waals surface area (Å²) in [7, 11) is 0. The van der Waals surface area contributed by atoms with Gasteiger partial charge in [0, 0.05) is 5.69 Å². The Balaban J connectivity index is 2.15. The van der Waals surface area contributed by atoms with Gasteiger partial charge in [0.2, 0.25) is 5.91 Å². The molecule has 0 fully saturated rings. The summed E-state index contributed by atoms with van der Waals surface area (Å²) in [6, 6.07) is 9.47. The molecule has 0 saturated heterocycles. The molecular formula is C16H22N4O. The van der Waals surface area contributed by atoms with Crippen molar-refractivity contribution in [2.45, 2.75) is 39.8 Å². The second kappa shape index (κ2) is 6.10. The number of nitrogens with two attached hydrogens (primary N) is 1. The molecule has 1 aromatic heterocycles. The number of aryl methyl sites for hydroxylation is 2. The lowest BCUT2D eigenvalue weighted by molar-refractivity contribution is -0.122. The van der Waals surface area contributed by atoms with E-state index in [1.54, 1.807) is 6.92 Å². The normalized spacial score (nSPS) is 13.8. The first kappa shape index (κ1) is 15.3. The topological polar surface area (TPSA) is 72.9 Å². The molecule has 1 heterocycles. The van der Waals surface area contributed by atoms with E-state index >= 15 is 0 Å². The molecule has 3 N–H and O–H groups in total. The average Bonchev–Trinajstić information content (AvgIpc) is 2.77. The summed E-state index contributed by atoms with van der Waals surface area (Å²) >= 11 is 0. The number of rotatable bonds is 4. The van der Waals surface area contributed by atoms with Crippen molar-refractivity contribution in [1.82, 2.24) is 15.1 Å². The van der Waals surface area contributed by atoms with Crippen molar-refractivity contribution in [2.24, 2.45) is 5.73 Å². The lowest BCUT2D eigenvalue weighted by Gasteiger charge is -2.16. The molecule has 0 saturated carbocycles. The van der Waals surface area contributed by atoms with Crippen LogP contribution in [0, 0.1) is 13.8 Å². The first-order chi connectivity index (χ1) is 9.88. The Hall–Kier alpha value is -2.14. The van der Waals surface area contributed by atoms with E-state index in [0.717, 1.165) is 22.6 Å². The Morgan fingerprint density at radius 3 is 2.33 bits per heavy atom. The third-order valence-corrected chi connectivity index (χ3v) is 3.42. The van der Waals surface area contributed by atoms with E-state index in [1.165, 1.54) is 0 Å². The fourth-order valence-electron chi connectivity index (χ4n) is 2.22. The number of nitrogens with one attached hydrogen (secondary N) is 1. The van der Waals surface area contributed by atoms with Gasteiger partial charge >= 0.3 is 0 Å². The van der Waals surface area contributed by atoms with Crippen LogP contribution in [-0.2, 0) is 4.79 Å². The largest absolute Gasteiger partial charge is 0.348 e. The highest BCUT2D eigenvalue weighted by Crippen LogP contribution is 2.17. The van der Waals surface area contributed by atoms with Crippen molar-refractivity contribution in [2.75, 3.05) is 0 Å². The van der Waals surface area contributed by atoms with Crippen LogP contribution in [0.1, 0.15) is 36.8 Å². The van der Waals surface area contributed by atoms with Crippen LogP contribution >= 0.6 is 0 Å². The molecular weight excluding hydrogens is 264 g/mol.